The van der Waals surface area contributed by atoms with Crippen LogP contribution in [0.15, 0.2) is 50.7 Å². The Morgan fingerprint density at radius 3 is 2.49 bits per heavy atom. The molecule has 0 unspecified atom stereocenters. The molecule has 37 heavy (non-hydrogen) atoms. The van der Waals surface area contributed by atoms with Crippen molar-refractivity contribution in [2.75, 3.05) is 6.54 Å². The molecule has 11 nitrogen and oxygen atoms in total. The van der Waals surface area contributed by atoms with Crippen LogP contribution in [0.1, 0.15) is 39.1 Å². The zero-order valence-corrected chi connectivity index (χ0v) is 22.3. The van der Waals surface area contributed by atoms with Crippen LogP contribution in [0.25, 0.3) is 11.2 Å². The van der Waals surface area contributed by atoms with Gasteiger partial charge in [-0.1, -0.05) is 35.5 Å². The standard InChI is InChI=1S/C24H30FN9O2S/c1-15(2)10-11-32-19-20(27-22(32)37-24(3,4)14-26)31(5)23(36)33(21(19)35)13-18-28-29-30-34(18)12-16-6-8-17(25)9-7-16/h6-10H,11-14,26H2,1-5H3. The third-order valence-corrected chi connectivity index (χ3v) is 7.10. The van der Waals surface area contributed by atoms with Gasteiger partial charge in [-0.25, -0.2) is 18.9 Å². The van der Waals surface area contributed by atoms with E-state index in [0.717, 1.165) is 15.7 Å². The van der Waals surface area contributed by atoms with E-state index in [1.165, 1.54) is 33.1 Å². The molecule has 0 aliphatic heterocycles. The highest BCUT2D eigenvalue weighted by Crippen LogP contribution is 2.32. The van der Waals surface area contributed by atoms with E-state index in [2.05, 4.69) is 20.5 Å². The third-order valence-electron chi connectivity index (χ3n) is 5.89. The van der Waals surface area contributed by atoms with E-state index in [1.54, 1.807) is 19.2 Å². The molecule has 0 saturated heterocycles. The molecule has 1 aromatic carbocycles. The molecule has 196 valence electrons. The number of aromatic nitrogens is 8. The molecule has 0 saturated carbocycles. The lowest BCUT2D eigenvalue weighted by Crippen LogP contribution is -2.40. The molecule has 0 spiro atoms. The number of aryl methyl sites for hydroxylation is 1. The highest BCUT2D eigenvalue weighted by molar-refractivity contribution is 8.00. The van der Waals surface area contributed by atoms with Crippen LogP contribution in [-0.4, -0.2) is 50.2 Å². The second-order valence-corrected chi connectivity index (χ2v) is 11.3. The van der Waals surface area contributed by atoms with Crippen molar-refractivity contribution in [3.63, 3.8) is 0 Å². The van der Waals surface area contributed by atoms with Crippen molar-refractivity contribution in [2.45, 2.75) is 57.2 Å². The molecule has 0 bridgehead atoms. The Hall–Kier alpha value is -3.58. The quantitative estimate of drug-likeness (QED) is 0.258. The maximum atomic E-state index is 13.8. The van der Waals surface area contributed by atoms with E-state index in [1.807, 2.05) is 38.3 Å². The molecule has 2 N–H and O–H groups in total. The lowest BCUT2D eigenvalue weighted by Gasteiger charge is -2.21. The van der Waals surface area contributed by atoms with Gasteiger partial charge in [-0.15, -0.1) is 5.10 Å². The minimum atomic E-state index is -0.532. The van der Waals surface area contributed by atoms with Gasteiger partial charge >= 0.3 is 5.69 Å². The zero-order valence-electron chi connectivity index (χ0n) is 21.5. The summed E-state index contributed by atoms with van der Waals surface area (Å²) in [7, 11) is 1.59. The van der Waals surface area contributed by atoms with Crippen molar-refractivity contribution in [1.82, 2.24) is 38.9 Å². The van der Waals surface area contributed by atoms with E-state index < -0.39 is 11.2 Å². The van der Waals surface area contributed by atoms with Gasteiger partial charge in [-0.2, -0.15) is 0 Å². The topological polar surface area (TPSA) is 131 Å². The highest BCUT2D eigenvalue weighted by atomic mass is 32.2. The molecule has 0 radical (unpaired) electrons. The van der Waals surface area contributed by atoms with Crippen LogP contribution in [0, 0.1) is 5.82 Å². The minimum Gasteiger partial charge on any atom is -0.329 e. The summed E-state index contributed by atoms with van der Waals surface area (Å²) >= 11 is 1.46. The lowest BCUT2D eigenvalue weighted by molar-refractivity contribution is 0.569. The van der Waals surface area contributed by atoms with E-state index in [4.69, 9.17) is 5.73 Å². The van der Waals surface area contributed by atoms with Crippen LogP contribution < -0.4 is 17.0 Å². The van der Waals surface area contributed by atoms with Crippen molar-refractivity contribution in [2.24, 2.45) is 12.8 Å². The molecular weight excluding hydrogens is 497 g/mol. The first kappa shape index (κ1) is 26.5. The summed E-state index contributed by atoms with van der Waals surface area (Å²) in [6.07, 6.45) is 2.00. The van der Waals surface area contributed by atoms with Gasteiger partial charge < -0.3 is 10.3 Å². The van der Waals surface area contributed by atoms with Crippen molar-refractivity contribution in [3.8, 4) is 0 Å². The summed E-state index contributed by atoms with van der Waals surface area (Å²) in [4.78, 5) is 31.7. The molecule has 4 rings (SSSR count). The fourth-order valence-corrected chi connectivity index (χ4v) is 4.65. The summed E-state index contributed by atoms with van der Waals surface area (Å²) in [6, 6.07) is 5.95. The van der Waals surface area contributed by atoms with Gasteiger partial charge in [0, 0.05) is 24.9 Å². The number of hydrogen-bond donors (Lipinski definition) is 1. The molecule has 3 heterocycles. The fraction of sp³-hybridized carbons (Fsp3) is 0.417. The lowest BCUT2D eigenvalue weighted by atomic mass is 10.2. The van der Waals surface area contributed by atoms with Gasteiger partial charge in [0.2, 0.25) is 0 Å². The van der Waals surface area contributed by atoms with E-state index in [9.17, 15) is 14.0 Å². The third kappa shape index (κ3) is 5.57. The Balaban J connectivity index is 1.82. The predicted octanol–water partition coefficient (Wildman–Crippen LogP) is 1.91. The monoisotopic (exact) mass is 527 g/mol. The number of fused-ring (bicyclic) bond motifs is 1. The van der Waals surface area contributed by atoms with Gasteiger partial charge in [0.25, 0.3) is 5.56 Å². The Morgan fingerprint density at radius 1 is 1.14 bits per heavy atom. The second-order valence-electron chi connectivity index (χ2n) is 9.64. The van der Waals surface area contributed by atoms with Crippen LogP contribution >= 0.6 is 11.8 Å². The predicted molar refractivity (Wildman–Crippen MR) is 140 cm³/mol. The van der Waals surface area contributed by atoms with E-state index in [0.29, 0.717) is 35.2 Å². The Labute approximate surface area is 216 Å². The summed E-state index contributed by atoms with van der Waals surface area (Å²) in [6.45, 7) is 8.89. The molecule has 0 atom stereocenters. The summed E-state index contributed by atoms with van der Waals surface area (Å²) in [5.41, 5.74) is 7.40. The molecular formula is C24H30FN9O2S. The first-order valence-corrected chi connectivity index (χ1v) is 12.5. The zero-order chi connectivity index (χ0) is 26.9. The number of tetrazole rings is 1. The molecule has 4 aromatic rings. The second kappa shape index (κ2) is 10.4. The molecule has 0 aliphatic rings. The maximum Gasteiger partial charge on any atom is 0.332 e. The number of allylic oxidation sites excluding steroid dienone is 2. The summed E-state index contributed by atoms with van der Waals surface area (Å²) in [5.74, 6) is -0.0294. The molecule has 0 fully saturated rings. The number of thioether (sulfide) groups is 1. The van der Waals surface area contributed by atoms with Crippen molar-refractivity contribution in [1.29, 1.82) is 0 Å². The Morgan fingerprint density at radius 2 is 1.84 bits per heavy atom. The number of halogens is 1. The van der Waals surface area contributed by atoms with Gasteiger partial charge in [0.05, 0.1) is 13.1 Å². The number of rotatable bonds is 9. The molecule has 0 aliphatic carbocycles. The van der Waals surface area contributed by atoms with E-state index >= 15 is 0 Å². The minimum absolute atomic E-state index is 0.139. The SMILES string of the molecule is CC(C)=CCn1c(SC(C)(C)CN)nc2c1c(=O)n(Cc1nnnn1Cc1ccc(F)cc1)c(=O)n2C. The van der Waals surface area contributed by atoms with Crippen LogP contribution in [0.2, 0.25) is 0 Å². The average Bonchev–Trinajstić information content (AvgIpc) is 3.44. The van der Waals surface area contributed by atoms with Crippen LogP contribution in [0.3, 0.4) is 0 Å². The van der Waals surface area contributed by atoms with Crippen LogP contribution in [0.5, 0.6) is 0 Å². The Bertz CT molecular complexity index is 1570. The van der Waals surface area contributed by atoms with Gasteiger partial charge in [-0.05, 0) is 55.8 Å². The van der Waals surface area contributed by atoms with E-state index in [-0.39, 0.29) is 23.7 Å². The van der Waals surface area contributed by atoms with Crippen LogP contribution in [-0.2, 0) is 26.7 Å². The van der Waals surface area contributed by atoms with Crippen molar-refractivity contribution < 1.29 is 4.39 Å². The average molecular weight is 528 g/mol. The molecule has 0 amide bonds. The number of benzene rings is 1. The number of imidazole rings is 1. The van der Waals surface area contributed by atoms with Crippen molar-refractivity contribution >= 4 is 22.9 Å². The van der Waals surface area contributed by atoms with Gasteiger partial charge in [0.1, 0.15) is 5.82 Å². The Kier molecular flexibility index (Phi) is 7.46. The normalized spacial score (nSPS) is 11.9. The number of nitrogens with zero attached hydrogens (tertiary/aromatic N) is 8. The first-order chi connectivity index (χ1) is 17.5. The van der Waals surface area contributed by atoms with Gasteiger partial charge in [0.15, 0.2) is 22.1 Å². The molecule has 13 heteroatoms. The fourth-order valence-electron chi connectivity index (χ4n) is 3.66. The summed E-state index contributed by atoms with van der Waals surface area (Å²) < 4.78 is 18.7. The van der Waals surface area contributed by atoms with Crippen molar-refractivity contribution in [3.05, 3.63) is 74.0 Å². The number of hydrogen-bond acceptors (Lipinski definition) is 8. The smallest absolute Gasteiger partial charge is 0.329 e. The summed E-state index contributed by atoms with van der Waals surface area (Å²) in [5, 5.41) is 12.4. The maximum absolute atomic E-state index is 13.8. The van der Waals surface area contributed by atoms with Gasteiger partial charge in [-0.3, -0.25) is 13.9 Å². The first-order valence-electron chi connectivity index (χ1n) is 11.7. The number of nitrogens with two attached hydrogens (primary N) is 1. The van der Waals surface area contributed by atoms with Crippen LogP contribution in [0.4, 0.5) is 4.39 Å². The largest absolute Gasteiger partial charge is 0.332 e. The molecule has 3 aromatic heterocycles. The highest BCUT2D eigenvalue weighted by Gasteiger charge is 2.26.